The van der Waals surface area contributed by atoms with Crippen LogP contribution in [0, 0.1) is 5.41 Å². The van der Waals surface area contributed by atoms with E-state index in [2.05, 4.69) is 17.2 Å². The molecule has 3 aliphatic carbocycles. The highest BCUT2D eigenvalue weighted by molar-refractivity contribution is 7.80. The van der Waals surface area contributed by atoms with Crippen molar-refractivity contribution in [1.82, 2.24) is 0 Å². The molecule has 1 aromatic carbocycles. The van der Waals surface area contributed by atoms with Gasteiger partial charge >= 0.3 is 10.4 Å². The number of hydrogen-bond donors (Lipinski definition) is 3. The first-order valence-corrected chi connectivity index (χ1v) is 10.2. The van der Waals surface area contributed by atoms with E-state index >= 15 is 0 Å². The Morgan fingerprint density at radius 2 is 1.88 bits per heavy atom. The average molecular weight is 368 g/mol. The molecule has 0 spiro atoms. The minimum Gasteiger partial charge on any atom is -0.393 e. The molecular formula is C18H24O6S. The molecule has 1 saturated carbocycles. The number of hydrogen-bond acceptors (Lipinski definition) is 5. The third-order valence-electron chi connectivity index (χ3n) is 6.63. The normalized spacial score (nSPS) is 37.3. The lowest BCUT2D eigenvalue weighted by Crippen LogP contribution is -2.41. The van der Waals surface area contributed by atoms with Crippen LogP contribution in [0.15, 0.2) is 12.1 Å². The quantitative estimate of drug-likeness (QED) is 0.544. The largest absolute Gasteiger partial charge is 0.400 e. The second-order valence-electron chi connectivity index (χ2n) is 8.06. The molecule has 0 aromatic heterocycles. The first-order valence-electron chi connectivity index (χ1n) is 8.83. The van der Waals surface area contributed by atoms with Crippen LogP contribution in [0.5, 0.6) is 0 Å². The fraction of sp³-hybridized carbons (Fsp3) is 0.667. The Hall–Kier alpha value is -0.990. The lowest BCUT2D eigenvalue weighted by atomic mass is 9.64. The molecule has 3 N–H and O–H groups in total. The van der Waals surface area contributed by atoms with Crippen LogP contribution in [0.2, 0.25) is 0 Å². The van der Waals surface area contributed by atoms with Crippen molar-refractivity contribution in [2.75, 3.05) is 0 Å². The van der Waals surface area contributed by atoms with E-state index in [0.29, 0.717) is 12.3 Å². The molecule has 6 nitrogen and oxygen atoms in total. The summed E-state index contributed by atoms with van der Waals surface area (Å²) in [5, 5.41) is 20.8. The SMILES string of the molecule is C[C@]12CCc3c(ccc4c3CC[C@@](O)(OS(=O)(=O)O)C4)C1CC[C@H]2O. The number of aliphatic hydroxyl groups excluding tert-OH is 1. The Bertz CT molecular complexity index is 819. The summed E-state index contributed by atoms with van der Waals surface area (Å²) in [5.74, 6) is -1.53. The molecular weight excluding hydrogens is 344 g/mol. The zero-order chi connectivity index (χ0) is 18.0. The Morgan fingerprint density at radius 3 is 2.60 bits per heavy atom. The first kappa shape index (κ1) is 17.4. The zero-order valence-electron chi connectivity index (χ0n) is 14.2. The Kier molecular flexibility index (Phi) is 3.84. The van der Waals surface area contributed by atoms with Gasteiger partial charge in [-0.1, -0.05) is 19.1 Å². The average Bonchev–Trinajstić information content (AvgIpc) is 2.80. The number of fused-ring (bicyclic) bond motifs is 5. The van der Waals surface area contributed by atoms with Gasteiger partial charge in [0.2, 0.25) is 0 Å². The van der Waals surface area contributed by atoms with Crippen molar-refractivity contribution >= 4 is 10.4 Å². The molecule has 0 bridgehead atoms. The molecule has 4 rings (SSSR count). The van der Waals surface area contributed by atoms with E-state index in [0.717, 1.165) is 31.2 Å². The highest BCUT2D eigenvalue weighted by atomic mass is 32.3. The van der Waals surface area contributed by atoms with Gasteiger partial charge in [0.1, 0.15) is 0 Å². The van der Waals surface area contributed by atoms with Gasteiger partial charge in [-0.05, 0) is 60.3 Å². The van der Waals surface area contributed by atoms with E-state index in [1.54, 1.807) is 0 Å². The maximum absolute atomic E-state index is 11.0. The van der Waals surface area contributed by atoms with Crippen molar-refractivity contribution in [2.24, 2.45) is 5.41 Å². The highest BCUT2D eigenvalue weighted by Crippen LogP contribution is 2.56. The summed E-state index contributed by atoms with van der Waals surface area (Å²) < 4.78 is 35.4. The molecule has 3 aliphatic rings. The second-order valence-corrected chi connectivity index (χ2v) is 9.08. The van der Waals surface area contributed by atoms with Gasteiger partial charge < -0.3 is 10.2 Å². The zero-order valence-corrected chi connectivity index (χ0v) is 15.1. The van der Waals surface area contributed by atoms with Gasteiger partial charge in [0.15, 0.2) is 5.79 Å². The van der Waals surface area contributed by atoms with Gasteiger partial charge in [0.25, 0.3) is 0 Å². The molecule has 0 saturated heterocycles. The van der Waals surface area contributed by atoms with Crippen LogP contribution in [-0.2, 0) is 33.8 Å². The van der Waals surface area contributed by atoms with Crippen LogP contribution in [0.3, 0.4) is 0 Å². The van der Waals surface area contributed by atoms with Crippen molar-refractivity contribution in [3.63, 3.8) is 0 Å². The smallest absolute Gasteiger partial charge is 0.393 e. The predicted molar refractivity (Wildman–Crippen MR) is 90.5 cm³/mol. The molecule has 1 aromatic rings. The minimum absolute atomic E-state index is 0.0416. The summed E-state index contributed by atoms with van der Waals surface area (Å²) >= 11 is 0. The van der Waals surface area contributed by atoms with Gasteiger partial charge in [-0.2, -0.15) is 8.42 Å². The van der Waals surface area contributed by atoms with E-state index in [4.69, 9.17) is 4.55 Å². The highest BCUT2D eigenvalue weighted by Gasteiger charge is 2.50. The summed E-state index contributed by atoms with van der Waals surface area (Å²) in [6.07, 6.45) is 4.07. The second kappa shape index (κ2) is 5.50. The summed E-state index contributed by atoms with van der Waals surface area (Å²) in [4.78, 5) is 0. The monoisotopic (exact) mass is 368 g/mol. The number of rotatable bonds is 2. The molecule has 0 aliphatic heterocycles. The van der Waals surface area contributed by atoms with E-state index in [1.165, 1.54) is 16.7 Å². The van der Waals surface area contributed by atoms with Gasteiger partial charge in [0, 0.05) is 18.3 Å². The van der Waals surface area contributed by atoms with Crippen LogP contribution in [0.25, 0.3) is 0 Å². The van der Waals surface area contributed by atoms with Crippen LogP contribution in [0.1, 0.15) is 60.8 Å². The fourth-order valence-electron chi connectivity index (χ4n) is 5.29. The third-order valence-corrected chi connectivity index (χ3v) is 7.15. The van der Waals surface area contributed by atoms with Gasteiger partial charge in [-0.15, -0.1) is 0 Å². The third kappa shape index (κ3) is 2.82. The first-order chi connectivity index (χ1) is 11.6. The number of benzene rings is 1. The minimum atomic E-state index is -4.71. The summed E-state index contributed by atoms with van der Waals surface area (Å²) in [5.41, 5.74) is 4.57. The van der Waals surface area contributed by atoms with E-state index in [-0.39, 0.29) is 24.4 Å². The summed E-state index contributed by atoms with van der Waals surface area (Å²) in [6, 6.07) is 4.00. The Balaban J connectivity index is 1.69. The lowest BCUT2D eigenvalue weighted by Gasteiger charge is -2.42. The van der Waals surface area contributed by atoms with Crippen LogP contribution < -0.4 is 0 Å². The van der Waals surface area contributed by atoms with E-state index in [9.17, 15) is 18.6 Å². The lowest BCUT2D eigenvalue weighted by molar-refractivity contribution is -0.145. The van der Waals surface area contributed by atoms with Gasteiger partial charge in [-0.25, -0.2) is 4.18 Å². The van der Waals surface area contributed by atoms with Crippen molar-refractivity contribution < 1.29 is 27.4 Å². The van der Waals surface area contributed by atoms with Crippen LogP contribution >= 0.6 is 0 Å². The van der Waals surface area contributed by atoms with Crippen LogP contribution in [-0.4, -0.2) is 35.1 Å². The van der Waals surface area contributed by atoms with Crippen molar-refractivity contribution in [2.45, 2.75) is 69.7 Å². The standard InChI is InChI=1S/C18H24O6S/c1-17-8-6-13-12-7-9-18(20,24-25(21,22)23)10-11(12)2-3-14(13)15(17)4-5-16(17)19/h2-3,15-16,19-20H,4-10H2,1H3,(H,21,22,23)/t15?,16-,17+,18-/m1/s1. The number of aliphatic hydroxyl groups is 2. The predicted octanol–water partition coefficient (Wildman–Crippen LogP) is 1.87. The van der Waals surface area contributed by atoms with Gasteiger partial charge in [-0.3, -0.25) is 4.55 Å². The fourth-order valence-corrected chi connectivity index (χ4v) is 5.83. The Labute approximate surface area is 147 Å². The van der Waals surface area contributed by atoms with Crippen molar-refractivity contribution in [3.8, 4) is 0 Å². The summed E-state index contributed by atoms with van der Waals surface area (Å²) in [7, 11) is -4.71. The molecule has 0 radical (unpaired) electrons. The topological polar surface area (TPSA) is 104 Å². The van der Waals surface area contributed by atoms with Gasteiger partial charge in [0.05, 0.1) is 6.10 Å². The molecule has 138 valence electrons. The maximum atomic E-state index is 11.0. The van der Waals surface area contributed by atoms with Crippen LogP contribution in [0.4, 0.5) is 0 Å². The van der Waals surface area contributed by atoms with E-state index in [1.807, 2.05) is 6.07 Å². The molecule has 25 heavy (non-hydrogen) atoms. The maximum Gasteiger partial charge on any atom is 0.400 e. The van der Waals surface area contributed by atoms with Crippen molar-refractivity contribution in [1.29, 1.82) is 0 Å². The molecule has 1 unspecified atom stereocenters. The summed E-state index contributed by atoms with van der Waals surface area (Å²) in [6.45, 7) is 2.18. The molecule has 1 fully saturated rings. The van der Waals surface area contributed by atoms with Crippen molar-refractivity contribution in [3.05, 3.63) is 34.4 Å². The Morgan fingerprint density at radius 1 is 1.16 bits per heavy atom. The molecule has 0 heterocycles. The molecule has 4 atom stereocenters. The molecule has 0 amide bonds. The molecule has 7 heteroatoms. The van der Waals surface area contributed by atoms with E-state index < -0.39 is 16.2 Å².